The highest BCUT2D eigenvalue weighted by atomic mass is 35.5. The van der Waals surface area contributed by atoms with Crippen LogP contribution < -0.4 is 15.0 Å². The Balaban J connectivity index is 1.55. The minimum absolute atomic E-state index is 0.00345. The Labute approximate surface area is 174 Å². The van der Waals surface area contributed by atoms with Gasteiger partial charge in [-0.1, -0.05) is 23.7 Å². The normalized spacial score (nSPS) is 16.6. The van der Waals surface area contributed by atoms with Crippen molar-refractivity contribution >= 4 is 40.0 Å². The summed E-state index contributed by atoms with van der Waals surface area (Å²) >= 11 is 5.92. The summed E-state index contributed by atoms with van der Waals surface area (Å²) in [5, 5.41) is 3.63. The van der Waals surface area contributed by atoms with E-state index in [9.17, 15) is 4.79 Å². The molecular formula is C22H23ClN4O2. The minimum atomic E-state index is -0.137. The van der Waals surface area contributed by atoms with Crippen LogP contribution in [0.25, 0.3) is 11.0 Å². The molecule has 3 aromatic rings. The van der Waals surface area contributed by atoms with E-state index in [0.29, 0.717) is 29.9 Å². The molecule has 4 rings (SSSR count). The molecule has 0 aliphatic carbocycles. The molecule has 1 aromatic heterocycles. The number of aromatic nitrogens is 2. The van der Waals surface area contributed by atoms with Crippen LogP contribution >= 0.6 is 11.6 Å². The van der Waals surface area contributed by atoms with Gasteiger partial charge in [0.15, 0.2) is 5.82 Å². The largest absolute Gasteiger partial charge is 0.475 e. The molecule has 7 heteroatoms. The number of piperidine rings is 1. The zero-order valence-electron chi connectivity index (χ0n) is 16.3. The van der Waals surface area contributed by atoms with Gasteiger partial charge in [-0.25, -0.2) is 9.97 Å². The average Bonchev–Trinajstić information content (AvgIpc) is 2.75. The number of rotatable bonds is 5. The molecule has 29 heavy (non-hydrogen) atoms. The van der Waals surface area contributed by atoms with Crippen molar-refractivity contribution in [3.05, 3.63) is 53.6 Å². The second kappa shape index (κ2) is 8.66. The molecule has 0 radical (unpaired) electrons. The van der Waals surface area contributed by atoms with Crippen LogP contribution in [0.15, 0.2) is 48.5 Å². The SMILES string of the molecule is CCOc1nc2ccccc2nc1N1CCC[C@H](C(=O)Nc2ccc(Cl)cc2)C1. The Morgan fingerprint density at radius 2 is 1.90 bits per heavy atom. The van der Waals surface area contributed by atoms with Gasteiger partial charge in [-0.2, -0.15) is 0 Å². The fraction of sp³-hybridized carbons (Fsp3) is 0.318. The predicted molar refractivity (Wildman–Crippen MR) is 116 cm³/mol. The Morgan fingerprint density at radius 1 is 1.17 bits per heavy atom. The lowest BCUT2D eigenvalue weighted by atomic mass is 9.97. The van der Waals surface area contributed by atoms with Crippen molar-refractivity contribution in [1.29, 1.82) is 0 Å². The summed E-state index contributed by atoms with van der Waals surface area (Å²) in [4.78, 5) is 24.4. The maximum atomic E-state index is 12.8. The average molecular weight is 411 g/mol. The van der Waals surface area contributed by atoms with Crippen LogP contribution in [0.1, 0.15) is 19.8 Å². The zero-order valence-corrected chi connectivity index (χ0v) is 17.0. The summed E-state index contributed by atoms with van der Waals surface area (Å²) in [6.45, 7) is 3.83. The first-order valence-electron chi connectivity index (χ1n) is 9.85. The molecule has 150 valence electrons. The Morgan fingerprint density at radius 3 is 2.62 bits per heavy atom. The number of para-hydroxylation sites is 2. The van der Waals surface area contributed by atoms with Crippen LogP contribution in [0.3, 0.4) is 0 Å². The number of hydrogen-bond acceptors (Lipinski definition) is 5. The lowest BCUT2D eigenvalue weighted by molar-refractivity contribution is -0.120. The van der Waals surface area contributed by atoms with E-state index in [1.54, 1.807) is 12.1 Å². The van der Waals surface area contributed by atoms with E-state index >= 15 is 0 Å². The summed E-state index contributed by atoms with van der Waals surface area (Å²) in [6.07, 6.45) is 1.74. The van der Waals surface area contributed by atoms with Gasteiger partial charge in [0.2, 0.25) is 5.91 Å². The summed E-state index contributed by atoms with van der Waals surface area (Å²) in [5.41, 5.74) is 2.37. The number of carbonyl (C=O) groups is 1. The summed E-state index contributed by atoms with van der Waals surface area (Å²) in [6, 6.07) is 14.9. The highest BCUT2D eigenvalue weighted by Crippen LogP contribution is 2.31. The molecule has 1 N–H and O–H groups in total. The third-order valence-electron chi connectivity index (χ3n) is 5.01. The van der Waals surface area contributed by atoms with Crippen LogP contribution in [0.2, 0.25) is 5.02 Å². The van der Waals surface area contributed by atoms with Gasteiger partial charge in [-0.15, -0.1) is 0 Å². The monoisotopic (exact) mass is 410 g/mol. The quantitative estimate of drug-likeness (QED) is 0.669. The maximum absolute atomic E-state index is 12.8. The van der Waals surface area contributed by atoms with Crippen LogP contribution in [0.5, 0.6) is 5.88 Å². The first-order valence-corrected chi connectivity index (χ1v) is 10.2. The number of halogens is 1. The van der Waals surface area contributed by atoms with Gasteiger partial charge in [0.05, 0.1) is 23.6 Å². The highest BCUT2D eigenvalue weighted by molar-refractivity contribution is 6.30. The molecule has 2 aromatic carbocycles. The molecular weight excluding hydrogens is 388 g/mol. The fourth-order valence-electron chi connectivity index (χ4n) is 3.58. The molecule has 1 fully saturated rings. The minimum Gasteiger partial charge on any atom is -0.475 e. The second-order valence-corrected chi connectivity index (χ2v) is 7.49. The topological polar surface area (TPSA) is 67.4 Å². The molecule has 1 saturated heterocycles. The van der Waals surface area contributed by atoms with Gasteiger partial charge in [-0.3, -0.25) is 4.79 Å². The van der Waals surface area contributed by atoms with Gasteiger partial charge in [0, 0.05) is 23.8 Å². The molecule has 0 bridgehead atoms. The van der Waals surface area contributed by atoms with Crippen LogP contribution in [-0.4, -0.2) is 35.6 Å². The van der Waals surface area contributed by atoms with E-state index in [0.717, 1.165) is 36.1 Å². The Bertz CT molecular complexity index is 1010. The van der Waals surface area contributed by atoms with E-state index in [1.165, 1.54) is 0 Å². The van der Waals surface area contributed by atoms with Crippen molar-refractivity contribution in [3.8, 4) is 5.88 Å². The zero-order chi connectivity index (χ0) is 20.2. The molecule has 1 amide bonds. The standard InChI is InChI=1S/C22H23ClN4O2/c1-2-29-22-20(25-18-7-3-4-8-19(18)26-22)27-13-5-6-15(14-27)21(28)24-17-11-9-16(23)10-12-17/h3-4,7-12,15H,2,5-6,13-14H2,1H3,(H,24,28)/t15-/m0/s1. The third kappa shape index (κ3) is 4.43. The molecule has 6 nitrogen and oxygen atoms in total. The van der Waals surface area contributed by atoms with Gasteiger partial charge >= 0.3 is 0 Å². The molecule has 0 unspecified atom stereocenters. The number of ether oxygens (including phenoxy) is 1. The van der Waals surface area contributed by atoms with Crippen molar-refractivity contribution in [2.75, 3.05) is 29.9 Å². The number of fused-ring (bicyclic) bond motifs is 1. The molecule has 1 aliphatic heterocycles. The number of nitrogens with one attached hydrogen (secondary N) is 1. The number of carbonyl (C=O) groups excluding carboxylic acids is 1. The number of anilines is 2. The van der Waals surface area contributed by atoms with Gasteiger partial charge in [-0.05, 0) is 56.2 Å². The third-order valence-corrected chi connectivity index (χ3v) is 5.26. The van der Waals surface area contributed by atoms with Gasteiger partial charge in [0.1, 0.15) is 0 Å². The van der Waals surface area contributed by atoms with E-state index < -0.39 is 0 Å². The molecule has 2 heterocycles. The summed E-state index contributed by atoms with van der Waals surface area (Å²) in [5.74, 6) is 1.09. The van der Waals surface area contributed by atoms with E-state index in [2.05, 4.69) is 15.2 Å². The van der Waals surface area contributed by atoms with Crippen molar-refractivity contribution in [3.63, 3.8) is 0 Å². The van der Waals surface area contributed by atoms with E-state index in [4.69, 9.17) is 21.3 Å². The maximum Gasteiger partial charge on any atom is 0.258 e. The first-order chi connectivity index (χ1) is 14.1. The van der Waals surface area contributed by atoms with Crippen molar-refractivity contribution in [2.45, 2.75) is 19.8 Å². The lowest BCUT2D eigenvalue weighted by Crippen LogP contribution is -2.41. The number of hydrogen-bond donors (Lipinski definition) is 1. The lowest BCUT2D eigenvalue weighted by Gasteiger charge is -2.33. The Kier molecular flexibility index (Phi) is 5.81. The second-order valence-electron chi connectivity index (χ2n) is 7.06. The first kappa shape index (κ1) is 19.5. The van der Waals surface area contributed by atoms with Crippen molar-refractivity contribution in [1.82, 2.24) is 9.97 Å². The molecule has 1 aliphatic rings. The predicted octanol–water partition coefficient (Wildman–Crippen LogP) is 4.54. The number of benzene rings is 2. The number of nitrogens with zero attached hydrogens (tertiary/aromatic N) is 3. The fourth-order valence-corrected chi connectivity index (χ4v) is 3.70. The highest BCUT2D eigenvalue weighted by Gasteiger charge is 2.29. The van der Waals surface area contributed by atoms with Gasteiger partial charge < -0.3 is 15.0 Å². The molecule has 0 spiro atoms. The molecule has 1 atom stereocenters. The van der Waals surface area contributed by atoms with Crippen LogP contribution in [-0.2, 0) is 4.79 Å². The smallest absolute Gasteiger partial charge is 0.258 e. The van der Waals surface area contributed by atoms with Crippen molar-refractivity contribution in [2.24, 2.45) is 5.92 Å². The van der Waals surface area contributed by atoms with Gasteiger partial charge in [0.25, 0.3) is 5.88 Å². The van der Waals surface area contributed by atoms with E-state index in [1.807, 2.05) is 43.3 Å². The van der Waals surface area contributed by atoms with Crippen molar-refractivity contribution < 1.29 is 9.53 Å². The number of amides is 1. The van der Waals surface area contributed by atoms with E-state index in [-0.39, 0.29) is 11.8 Å². The van der Waals surface area contributed by atoms with Crippen LogP contribution in [0, 0.1) is 5.92 Å². The Hall–Kier alpha value is -2.86. The molecule has 0 saturated carbocycles. The summed E-state index contributed by atoms with van der Waals surface area (Å²) < 4.78 is 5.77. The summed E-state index contributed by atoms with van der Waals surface area (Å²) in [7, 11) is 0. The van der Waals surface area contributed by atoms with Crippen LogP contribution in [0.4, 0.5) is 11.5 Å².